The number of hydrogen-bond acceptors (Lipinski definition) is 1. The van der Waals surface area contributed by atoms with Crippen molar-refractivity contribution < 1.29 is 5.11 Å². The van der Waals surface area contributed by atoms with Crippen LogP contribution in [0.5, 0.6) is 0 Å². The fraction of sp³-hybridized carbons (Fsp3) is 1.00. The molecule has 0 radical (unpaired) electrons. The predicted molar refractivity (Wildman–Crippen MR) is 42.2 cm³/mol. The summed E-state index contributed by atoms with van der Waals surface area (Å²) in [4.78, 5) is 0. The molecule has 0 aromatic rings. The third-order valence-electron chi connectivity index (χ3n) is 1.53. The van der Waals surface area contributed by atoms with Crippen LogP contribution in [0.1, 0.15) is 19.8 Å². The Morgan fingerprint density at radius 1 is 1.62 bits per heavy atom. The molecule has 0 spiro atoms. The van der Waals surface area contributed by atoms with Crippen molar-refractivity contribution in [2.24, 2.45) is 5.92 Å². The Labute approximate surface area is 63.6 Å². The molecule has 2 heteroatoms. The Bertz CT molecular complexity index is 76.6. The predicted octanol–water partition coefficient (Wildman–Crippen LogP) is 1.58. The number of aliphatic hydroxyl groups excluding tert-OH is 1. The zero-order chi connectivity index (χ0) is 6.15. The van der Waals surface area contributed by atoms with E-state index in [2.05, 4.69) is 22.6 Å². The van der Waals surface area contributed by atoms with E-state index in [0.29, 0.717) is 3.92 Å². The van der Waals surface area contributed by atoms with Crippen molar-refractivity contribution >= 4 is 22.6 Å². The lowest BCUT2D eigenvalue weighted by Crippen LogP contribution is -2.17. The van der Waals surface area contributed by atoms with Gasteiger partial charge in [0.25, 0.3) is 0 Å². The maximum absolute atomic E-state index is 9.02. The molecule has 0 aromatic heterocycles. The van der Waals surface area contributed by atoms with E-state index >= 15 is 0 Å². The summed E-state index contributed by atoms with van der Waals surface area (Å²) in [5, 5.41) is 9.02. The number of halogens is 1. The van der Waals surface area contributed by atoms with E-state index in [0.717, 1.165) is 5.92 Å². The van der Waals surface area contributed by atoms with Gasteiger partial charge >= 0.3 is 0 Å². The molecule has 48 valence electrons. The van der Waals surface area contributed by atoms with Crippen LogP contribution in [-0.4, -0.2) is 15.1 Å². The van der Waals surface area contributed by atoms with E-state index in [1.54, 1.807) is 0 Å². The van der Waals surface area contributed by atoms with Crippen molar-refractivity contribution in [2.75, 3.05) is 0 Å². The molecule has 0 unspecified atom stereocenters. The highest BCUT2D eigenvalue weighted by molar-refractivity contribution is 14.1. The molecule has 1 fully saturated rings. The second kappa shape index (κ2) is 2.52. The monoisotopic (exact) mass is 226 g/mol. The van der Waals surface area contributed by atoms with Crippen LogP contribution in [0.2, 0.25) is 0 Å². The zero-order valence-corrected chi connectivity index (χ0v) is 7.13. The van der Waals surface area contributed by atoms with Crippen molar-refractivity contribution in [1.82, 2.24) is 0 Å². The summed E-state index contributed by atoms with van der Waals surface area (Å²) in [6, 6.07) is 0. The van der Waals surface area contributed by atoms with Gasteiger partial charge in [0.05, 0.1) is 6.10 Å². The summed E-state index contributed by atoms with van der Waals surface area (Å²) in [6.07, 6.45) is 2.56. The van der Waals surface area contributed by atoms with Gasteiger partial charge in [0.2, 0.25) is 0 Å². The fourth-order valence-corrected chi connectivity index (χ4v) is 1.53. The van der Waals surface area contributed by atoms with E-state index < -0.39 is 0 Å². The minimum absolute atomic E-state index is 0.108. The highest BCUT2D eigenvalue weighted by Gasteiger charge is 2.31. The minimum atomic E-state index is -0.108. The standard InChI is InChI=1S/C6H11IO/c1-4(8)6(7)5-2-3-5/h4-6,8H,2-3H2,1H3/t4-,6-/m0/s1. The Morgan fingerprint density at radius 2 is 2.12 bits per heavy atom. The Morgan fingerprint density at radius 3 is 2.25 bits per heavy atom. The molecule has 1 nitrogen and oxygen atoms in total. The number of rotatable bonds is 2. The molecule has 8 heavy (non-hydrogen) atoms. The van der Waals surface area contributed by atoms with Gasteiger partial charge in [-0.1, -0.05) is 22.6 Å². The molecule has 0 saturated heterocycles. The van der Waals surface area contributed by atoms with Crippen molar-refractivity contribution in [3.8, 4) is 0 Å². The van der Waals surface area contributed by atoms with Gasteiger partial charge in [-0.2, -0.15) is 0 Å². The van der Waals surface area contributed by atoms with Gasteiger partial charge in [0.1, 0.15) is 0 Å². The fourth-order valence-electron chi connectivity index (χ4n) is 0.809. The van der Waals surface area contributed by atoms with Gasteiger partial charge in [-0.25, -0.2) is 0 Å². The first-order chi connectivity index (χ1) is 3.72. The van der Waals surface area contributed by atoms with Gasteiger partial charge in [0.15, 0.2) is 0 Å². The van der Waals surface area contributed by atoms with Crippen LogP contribution in [0, 0.1) is 5.92 Å². The van der Waals surface area contributed by atoms with Crippen molar-refractivity contribution in [2.45, 2.75) is 29.8 Å². The molecule has 0 aromatic carbocycles. The summed E-state index contributed by atoms with van der Waals surface area (Å²) in [7, 11) is 0. The molecule has 0 aliphatic heterocycles. The summed E-state index contributed by atoms with van der Waals surface area (Å²) >= 11 is 2.33. The lowest BCUT2D eigenvalue weighted by molar-refractivity contribution is 0.189. The lowest BCUT2D eigenvalue weighted by Gasteiger charge is -2.09. The third-order valence-corrected chi connectivity index (χ3v) is 3.59. The average molecular weight is 226 g/mol. The maximum Gasteiger partial charge on any atom is 0.0632 e. The van der Waals surface area contributed by atoms with Crippen LogP contribution in [0.3, 0.4) is 0 Å². The van der Waals surface area contributed by atoms with Gasteiger partial charge in [-0.3, -0.25) is 0 Å². The van der Waals surface area contributed by atoms with Crippen molar-refractivity contribution in [3.05, 3.63) is 0 Å². The smallest absolute Gasteiger partial charge is 0.0632 e. The first kappa shape index (κ1) is 6.81. The second-order valence-electron chi connectivity index (χ2n) is 2.52. The van der Waals surface area contributed by atoms with Gasteiger partial charge in [-0.05, 0) is 25.7 Å². The maximum atomic E-state index is 9.02. The number of alkyl halides is 1. The summed E-state index contributed by atoms with van der Waals surface area (Å²) in [6.45, 7) is 1.87. The van der Waals surface area contributed by atoms with Crippen LogP contribution in [0.15, 0.2) is 0 Å². The molecular weight excluding hydrogens is 215 g/mol. The van der Waals surface area contributed by atoms with Crippen molar-refractivity contribution in [1.29, 1.82) is 0 Å². The number of hydrogen-bond donors (Lipinski definition) is 1. The van der Waals surface area contributed by atoms with E-state index in [1.165, 1.54) is 12.8 Å². The zero-order valence-electron chi connectivity index (χ0n) is 4.97. The normalized spacial score (nSPS) is 27.4. The van der Waals surface area contributed by atoms with Crippen molar-refractivity contribution in [3.63, 3.8) is 0 Å². The minimum Gasteiger partial charge on any atom is -0.392 e. The lowest BCUT2D eigenvalue weighted by atomic mass is 10.2. The third kappa shape index (κ3) is 1.58. The molecular formula is C6H11IO. The molecule has 0 bridgehead atoms. The van der Waals surface area contributed by atoms with Gasteiger partial charge in [-0.15, -0.1) is 0 Å². The molecule has 1 aliphatic rings. The largest absolute Gasteiger partial charge is 0.392 e. The Hall–Kier alpha value is 0.690. The highest BCUT2D eigenvalue weighted by atomic mass is 127. The summed E-state index contributed by atoms with van der Waals surface area (Å²) < 4.78 is 0.507. The first-order valence-corrected chi connectivity index (χ1v) is 4.28. The van der Waals surface area contributed by atoms with Crippen LogP contribution < -0.4 is 0 Å². The molecule has 2 atom stereocenters. The summed E-state index contributed by atoms with van der Waals surface area (Å²) in [5.41, 5.74) is 0. The Kier molecular flexibility index (Phi) is 2.14. The number of aliphatic hydroxyl groups is 1. The quantitative estimate of drug-likeness (QED) is 0.559. The molecule has 0 heterocycles. The topological polar surface area (TPSA) is 20.2 Å². The van der Waals surface area contributed by atoms with E-state index in [-0.39, 0.29) is 6.10 Å². The van der Waals surface area contributed by atoms with E-state index in [9.17, 15) is 0 Å². The van der Waals surface area contributed by atoms with Crippen LogP contribution in [0.4, 0.5) is 0 Å². The van der Waals surface area contributed by atoms with Crippen LogP contribution in [0.25, 0.3) is 0 Å². The first-order valence-electron chi connectivity index (χ1n) is 3.04. The van der Waals surface area contributed by atoms with E-state index in [1.807, 2.05) is 6.92 Å². The Balaban J connectivity index is 2.22. The van der Waals surface area contributed by atoms with E-state index in [4.69, 9.17) is 5.11 Å². The van der Waals surface area contributed by atoms with Gasteiger partial charge in [0, 0.05) is 3.92 Å². The highest BCUT2D eigenvalue weighted by Crippen LogP contribution is 2.38. The molecule has 1 N–H and O–H groups in total. The second-order valence-corrected chi connectivity index (χ2v) is 3.96. The SMILES string of the molecule is C[C@H](O)[C@H](I)C1CC1. The molecule has 1 aliphatic carbocycles. The van der Waals surface area contributed by atoms with Gasteiger partial charge < -0.3 is 5.11 Å². The molecule has 1 saturated carbocycles. The summed E-state index contributed by atoms with van der Waals surface area (Å²) in [5.74, 6) is 0.829. The molecule has 1 rings (SSSR count). The van der Waals surface area contributed by atoms with Crippen LogP contribution in [-0.2, 0) is 0 Å². The molecule has 0 amide bonds. The average Bonchev–Trinajstić information content (AvgIpc) is 2.43. The van der Waals surface area contributed by atoms with Crippen LogP contribution >= 0.6 is 22.6 Å².